The Morgan fingerprint density at radius 2 is 2.43 bits per heavy atom. The van der Waals surface area contributed by atoms with Gasteiger partial charge in [-0.05, 0) is 24.8 Å². The molecule has 0 bridgehead atoms. The zero-order chi connectivity index (χ0) is 9.97. The van der Waals surface area contributed by atoms with Crippen molar-refractivity contribution in [2.75, 3.05) is 6.54 Å². The number of halogens is 1. The first kappa shape index (κ1) is 9.12. The summed E-state index contributed by atoms with van der Waals surface area (Å²) in [5.74, 6) is -0.318. The lowest BCUT2D eigenvalue weighted by atomic mass is 10.2. The molecule has 14 heavy (non-hydrogen) atoms. The maximum atomic E-state index is 13.1. The minimum Gasteiger partial charge on any atom is -0.352 e. The van der Waals surface area contributed by atoms with E-state index < -0.39 is 5.82 Å². The van der Waals surface area contributed by atoms with E-state index in [2.05, 4.69) is 10.3 Å². The Labute approximate surface area is 81.3 Å². The average Bonchev–Trinajstić information content (AvgIpc) is 2.98. The second kappa shape index (κ2) is 3.74. The molecule has 0 unspecified atom stereocenters. The second-order valence-electron chi connectivity index (χ2n) is 3.51. The number of hydrogen-bond acceptors (Lipinski definition) is 2. The van der Waals surface area contributed by atoms with Gasteiger partial charge in [-0.1, -0.05) is 0 Å². The molecule has 2 rings (SSSR count). The van der Waals surface area contributed by atoms with Gasteiger partial charge in [-0.25, -0.2) is 4.39 Å². The molecule has 0 saturated heterocycles. The molecule has 1 aliphatic carbocycles. The van der Waals surface area contributed by atoms with Crippen LogP contribution in [-0.4, -0.2) is 17.4 Å². The zero-order valence-corrected chi connectivity index (χ0v) is 7.66. The smallest absolute Gasteiger partial charge is 0.254 e. The summed E-state index contributed by atoms with van der Waals surface area (Å²) in [6, 6.07) is 1.39. The number of aromatic nitrogens is 1. The third-order valence-corrected chi connectivity index (χ3v) is 2.27. The van der Waals surface area contributed by atoms with Crippen LogP contribution < -0.4 is 5.32 Å². The first-order chi connectivity index (χ1) is 6.77. The van der Waals surface area contributed by atoms with Crippen LogP contribution in [0.15, 0.2) is 18.5 Å². The summed E-state index contributed by atoms with van der Waals surface area (Å²) in [7, 11) is 0. The Balaban J connectivity index is 1.98. The lowest BCUT2D eigenvalue weighted by Crippen LogP contribution is -2.26. The lowest BCUT2D eigenvalue weighted by Gasteiger charge is -2.03. The second-order valence-corrected chi connectivity index (χ2v) is 3.51. The largest absolute Gasteiger partial charge is 0.352 e. The van der Waals surface area contributed by atoms with Gasteiger partial charge in [-0.3, -0.25) is 9.78 Å². The molecule has 0 aliphatic heterocycles. The number of carbonyl (C=O) groups excluding carboxylic acids is 1. The van der Waals surface area contributed by atoms with Crippen molar-refractivity contribution in [3.05, 3.63) is 29.8 Å². The van der Waals surface area contributed by atoms with Crippen molar-refractivity contribution in [2.45, 2.75) is 12.8 Å². The van der Waals surface area contributed by atoms with Crippen LogP contribution in [0.4, 0.5) is 4.39 Å². The molecule has 1 amide bonds. The van der Waals surface area contributed by atoms with Crippen molar-refractivity contribution in [3.63, 3.8) is 0 Å². The van der Waals surface area contributed by atoms with Crippen LogP contribution in [0, 0.1) is 11.7 Å². The van der Waals surface area contributed by atoms with Gasteiger partial charge in [0.15, 0.2) is 5.82 Å². The van der Waals surface area contributed by atoms with Crippen molar-refractivity contribution in [2.24, 2.45) is 5.92 Å². The summed E-state index contributed by atoms with van der Waals surface area (Å²) in [4.78, 5) is 15.0. The van der Waals surface area contributed by atoms with Gasteiger partial charge in [-0.2, -0.15) is 0 Å². The predicted molar refractivity (Wildman–Crippen MR) is 49.3 cm³/mol. The molecule has 1 fully saturated rings. The highest BCUT2D eigenvalue weighted by molar-refractivity contribution is 5.94. The third-order valence-electron chi connectivity index (χ3n) is 2.27. The fourth-order valence-electron chi connectivity index (χ4n) is 1.21. The minimum atomic E-state index is -0.569. The van der Waals surface area contributed by atoms with Crippen molar-refractivity contribution < 1.29 is 9.18 Å². The number of nitrogens with zero attached hydrogens (tertiary/aromatic N) is 1. The Kier molecular flexibility index (Phi) is 2.43. The summed E-state index contributed by atoms with van der Waals surface area (Å²) in [5.41, 5.74) is 0.0700. The fourth-order valence-corrected chi connectivity index (χ4v) is 1.21. The molecule has 1 aromatic heterocycles. The highest BCUT2D eigenvalue weighted by atomic mass is 19.1. The average molecular weight is 194 g/mol. The molecule has 1 aliphatic rings. The SMILES string of the molecule is O=C(NCC1CC1)c1ccncc1F. The number of rotatable bonds is 3. The van der Waals surface area contributed by atoms with Gasteiger partial charge in [0.25, 0.3) is 5.91 Å². The highest BCUT2D eigenvalue weighted by Crippen LogP contribution is 2.27. The van der Waals surface area contributed by atoms with Gasteiger partial charge < -0.3 is 5.32 Å². The molecule has 1 aromatic rings. The molecule has 0 atom stereocenters. The van der Waals surface area contributed by atoms with E-state index in [0.717, 1.165) is 6.20 Å². The van der Waals surface area contributed by atoms with Gasteiger partial charge in [0.2, 0.25) is 0 Å². The summed E-state index contributed by atoms with van der Waals surface area (Å²) in [6.07, 6.45) is 4.79. The van der Waals surface area contributed by atoms with Crippen LogP contribution >= 0.6 is 0 Å². The van der Waals surface area contributed by atoms with Gasteiger partial charge in [0, 0.05) is 12.7 Å². The van der Waals surface area contributed by atoms with E-state index in [1.807, 2.05) is 0 Å². The van der Waals surface area contributed by atoms with Crippen molar-refractivity contribution >= 4 is 5.91 Å². The van der Waals surface area contributed by atoms with Gasteiger partial charge in [0.1, 0.15) is 0 Å². The van der Waals surface area contributed by atoms with Crippen molar-refractivity contribution in [1.82, 2.24) is 10.3 Å². The Bertz CT molecular complexity index is 350. The standard InChI is InChI=1S/C10H11FN2O/c11-9-6-12-4-3-8(9)10(14)13-5-7-1-2-7/h3-4,6-7H,1-2,5H2,(H,13,14). The summed E-state index contributed by atoms with van der Waals surface area (Å²) >= 11 is 0. The van der Waals surface area contributed by atoms with E-state index in [-0.39, 0.29) is 11.5 Å². The Morgan fingerprint density at radius 3 is 3.07 bits per heavy atom. The number of nitrogens with one attached hydrogen (secondary N) is 1. The van der Waals surface area contributed by atoms with Crippen molar-refractivity contribution in [3.8, 4) is 0 Å². The number of carbonyl (C=O) groups is 1. The molecule has 3 nitrogen and oxygen atoms in total. The number of hydrogen-bond donors (Lipinski definition) is 1. The maximum Gasteiger partial charge on any atom is 0.254 e. The Morgan fingerprint density at radius 1 is 1.64 bits per heavy atom. The predicted octanol–water partition coefficient (Wildman–Crippen LogP) is 1.36. The number of pyridine rings is 1. The van der Waals surface area contributed by atoms with Crippen LogP contribution in [0.25, 0.3) is 0 Å². The molecular weight excluding hydrogens is 183 g/mol. The molecular formula is C10H11FN2O. The van der Waals surface area contributed by atoms with Gasteiger partial charge in [-0.15, -0.1) is 0 Å². The number of amides is 1. The van der Waals surface area contributed by atoms with E-state index >= 15 is 0 Å². The van der Waals surface area contributed by atoms with Crippen LogP contribution in [0.2, 0.25) is 0 Å². The Hall–Kier alpha value is -1.45. The van der Waals surface area contributed by atoms with E-state index in [4.69, 9.17) is 0 Å². The normalized spacial score (nSPS) is 15.2. The van der Waals surface area contributed by atoms with Gasteiger partial charge >= 0.3 is 0 Å². The third kappa shape index (κ3) is 2.07. The van der Waals surface area contributed by atoms with E-state index in [9.17, 15) is 9.18 Å². The molecule has 0 radical (unpaired) electrons. The quantitative estimate of drug-likeness (QED) is 0.789. The van der Waals surface area contributed by atoms with E-state index in [1.54, 1.807) is 0 Å². The molecule has 0 aromatic carbocycles. The molecule has 1 N–H and O–H groups in total. The van der Waals surface area contributed by atoms with Crippen LogP contribution in [0.1, 0.15) is 23.2 Å². The minimum absolute atomic E-state index is 0.0700. The molecule has 1 heterocycles. The first-order valence-electron chi connectivity index (χ1n) is 4.65. The fraction of sp³-hybridized carbons (Fsp3) is 0.400. The topological polar surface area (TPSA) is 42.0 Å². The van der Waals surface area contributed by atoms with Gasteiger partial charge in [0.05, 0.1) is 11.8 Å². The molecule has 4 heteroatoms. The molecule has 1 saturated carbocycles. The summed E-state index contributed by atoms with van der Waals surface area (Å²) < 4.78 is 13.1. The molecule has 0 spiro atoms. The zero-order valence-electron chi connectivity index (χ0n) is 7.66. The van der Waals surface area contributed by atoms with Crippen LogP contribution in [-0.2, 0) is 0 Å². The molecule has 74 valence electrons. The first-order valence-corrected chi connectivity index (χ1v) is 4.65. The summed E-state index contributed by atoms with van der Waals surface area (Å²) in [6.45, 7) is 0.653. The summed E-state index contributed by atoms with van der Waals surface area (Å²) in [5, 5.41) is 2.70. The van der Waals surface area contributed by atoms with Crippen LogP contribution in [0.5, 0.6) is 0 Å². The van der Waals surface area contributed by atoms with E-state index in [1.165, 1.54) is 25.1 Å². The van der Waals surface area contributed by atoms with Crippen molar-refractivity contribution in [1.29, 1.82) is 0 Å². The maximum absolute atomic E-state index is 13.1. The lowest BCUT2D eigenvalue weighted by molar-refractivity contribution is 0.0947. The van der Waals surface area contributed by atoms with E-state index in [0.29, 0.717) is 12.5 Å². The monoisotopic (exact) mass is 194 g/mol. The highest BCUT2D eigenvalue weighted by Gasteiger charge is 2.22. The van der Waals surface area contributed by atoms with Crippen LogP contribution in [0.3, 0.4) is 0 Å².